The summed E-state index contributed by atoms with van der Waals surface area (Å²) in [6, 6.07) is 13.4. The number of rotatable bonds is 6. The van der Waals surface area contributed by atoms with Gasteiger partial charge in [0.25, 0.3) is 5.91 Å². The van der Waals surface area contributed by atoms with Crippen molar-refractivity contribution in [3.63, 3.8) is 0 Å². The first-order valence-electron chi connectivity index (χ1n) is 9.87. The van der Waals surface area contributed by atoms with Gasteiger partial charge >= 0.3 is 0 Å². The molecule has 152 valence electrons. The van der Waals surface area contributed by atoms with Gasteiger partial charge in [-0.1, -0.05) is 6.07 Å². The molecule has 3 N–H and O–H groups in total. The molecular weight excluding hydrogens is 364 g/mol. The van der Waals surface area contributed by atoms with Crippen molar-refractivity contribution < 1.29 is 9.90 Å². The molecule has 1 amide bonds. The minimum Gasteiger partial charge on any atom is -0.374 e. The molecule has 3 rings (SSSR count). The van der Waals surface area contributed by atoms with Crippen molar-refractivity contribution in [1.29, 1.82) is 5.26 Å². The maximum absolute atomic E-state index is 12.4. The fourth-order valence-electron chi connectivity index (χ4n) is 3.64. The third-order valence-corrected chi connectivity index (χ3v) is 5.40. The number of nitrogens with zero attached hydrogens (tertiary/aromatic N) is 2. The third-order valence-electron chi connectivity index (χ3n) is 5.40. The molecule has 2 atom stereocenters. The number of hydrogen-bond acceptors (Lipinski definition) is 5. The summed E-state index contributed by atoms with van der Waals surface area (Å²) in [6.07, 6.45) is 0.652. The predicted molar refractivity (Wildman–Crippen MR) is 114 cm³/mol. The Morgan fingerprint density at radius 3 is 2.83 bits per heavy atom. The zero-order valence-electron chi connectivity index (χ0n) is 17.2. The van der Waals surface area contributed by atoms with Gasteiger partial charge < -0.3 is 20.6 Å². The molecule has 0 saturated heterocycles. The second-order valence-corrected chi connectivity index (χ2v) is 7.94. The van der Waals surface area contributed by atoms with Gasteiger partial charge in [-0.25, -0.2) is 0 Å². The normalized spacial score (nSPS) is 17.9. The molecular formula is C23H28N4O2. The Morgan fingerprint density at radius 2 is 2.10 bits per heavy atom. The number of anilines is 1. The van der Waals surface area contributed by atoms with Crippen LogP contribution in [-0.4, -0.2) is 49.3 Å². The summed E-state index contributed by atoms with van der Waals surface area (Å²) < 4.78 is 0. The van der Waals surface area contributed by atoms with Crippen molar-refractivity contribution in [3.05, 3.63) is 64.2 Å². The molecule has 0 fully saturated rings. The first-order chi connectivity index (χ1) is 13.9. The van der Waals surface area contributed by atoms with Crippen LogP contribution >= 0.6 is 0 Å². The Labute approximate surface area is 172 Å². The monoisotopic (exact) mass is 392 g/mol. The van der Waals surface area contributed by atoms with Crippen molar-refractivity contribution in [3.8, 4) is 6.07 Å². The average Bonchev–Trinajstić information content (AvgIpc) is 2.69. The van der Waals surface area contributed by atoms with Gasteiger partial charge in [-0.2, -0.15) is 5.26 Å². The van der Waals surface area contributed by atoms with E-state index in [0.29, 0.717) is 30.5 Å². The number of aliphatic hydroxyl groups is 1. The highest BCUT2D eigenvalue weighted by Gasteiger charge is 2.27. The number of aryl methyl sites for hydroxylation is 1. The van der Waals surface area contributed by atoms with Crippen LogP contribution in [0.4, 0.5) is 5.69 Å². The minimum absolute atomic E-state index is 0.0396. The fraction of sp³-hybridized carbons (Fsp3) is 0.391. The van der Waals surface area contributed by atoms with Crippen LogP contribution in [0.15, 0.2) is 36.4 Å². The molecule has 0 saturated carbocycles. The molecule has 0 aromatic heterocycles. The van der Waals surface area contributed by atoms with Gasteiger partial charge in [0.2, 0.25) is 0 Å². The van der Waals surface area contributed by atoms with Gasteiger partial charge in [-0.05, 0) is 80.9 Å². The highest BCUT2D eigenvalue weighted by atomic mass is 16.3. The molecule has 0 spiro atoms. The van der Waals surface area contributed by atoms with Crippen molar-refractivity contribution >= 4 is 11.6 Å². The number of benzene rings is 2. The zero-order valence-corrected chi connectivity index (χ0v) is 17.2. The largest absolute Gasteiger partial charge is 0.374 e. The molecule has 2 aromatic rings. The number of carbonyl (C=O) groups is 1. The second-order valence-electron chi connectivity index (χ2n) is 7.94. The summed E-state index contributed by atoms with van der Waals surface area (Å²) in [5, 5.41) is 25.8. The van der Waals surface area contributed by atoms with E-state index in [0.717, 1.165) is 28.9 Å². The van der Waals surface area contributed by atoms with Gasteiger partial charge in [0.1, 0.15) is 6.23 Å². The van der Waals surface area contributed by atoms with Crippen LogP contribution < -0.4 is 10.6 Å². The van der Waals surface area contributed by atoms with Crippen LogP contribution in [0.25, 0.3) is 0 Å². The lowest BCUT2D eigenvalue weighted by atomic mass is 9.85. The molecule has 0 unspecified atom stereocenters. The van der Waals surface area contributed by atoms with Crippen LogP contribution in [-0.2, 0) is 12.8 Å². The number of amides is 1. The van der Waals surface area contributed by atoms with E-state index in [9.17, 15) is 9.90 Å². The first-order valence-corrected chi connectivity index (χ1v) is 9.87. The van der Waals surface area contributed by atoms with E-state index in [1.807, 2.05) is 56.3 Å². The smallest absolute Gasteiger partial charge is 0.251 e. The molecule has 1 heterocycles. The summed E-state index contributed by atoms with van der Waals surface area (Å²) in [7, 11) is 3.94. The van der Waals surface area contributed by atoms with E-state index in [-0.39, 0.29) is 11.8 Å². The lowest BCUT2D eigenvalue weighted by Gasteiger charge is -2.32. The van der Waals surface area contributed by atoms with E-state index in [1.165, 1.54) is 0 Å². The molecule has 1 aliphatic heterocycles. The van der Waals surface area contributed by atoms with Crippen LogP contribution in [0.3, 0.4) is 0 Å². The highest BCUT2D eigenvalue weighted by Crippen LogP contribution is 2.31. The molecule has 1 aliphatic rings. The average molecular weight is 393 g/mol. The van der Waals surface area contributed by atoms with Crippen molar-refractivity contribution in [1.82, 2.24) is 10.2 Å². The Kier molecular flexibility index (Phi) is 6.53. The number of nitrogens with one attached hydrogen (secondary N) is 2. The number of aliphatic hydroxyl groups excluding tert-OH is 1. The number of likely N-dealkylation sites (N-methyl/N-ethyl adjacent to an activating group) is 1. The zero-order chi connectivity index (χ0) is 21.0. The Hall–Kier alpha value is -2.88. The van der Waals surface area contributed by atoms with Gasteiger partial charge in [-0.15, -0.1) is 0 Å². The molecule has 29 heavy (non-hydrogen) atoms. The Bertz CT molecular complexity index is 933. The molecule has 6 nitrogen and oxygen atoms in total. The molecule has 0 bridgehead atoms. The maximum Gasteiger partial charge on any atom is 0.251 e. The van der Waals surface area contributed by atoms with Crippen LogP contribution in [0.2, 0.25) is 0 Å². The van der Waals surface area contributed by atoms with Gasteiger partial charge in [0.05, 0.1) is 11.6 Å². The van der Waals surface area contributed by atoms with E-state index in [1.54, 1.807) is 6.07 Å². The van der Waals surface area contributed by atoms with E-state index in [2.05, 4.69) is 16.7 Å². The second kappa shape index (κ2) is 9.08. The molecule has 0 radical (unpaired) electrons. The lowest BCUT2D eigenvalue weighted by Crippen LogP contribution is -2.36. The van der Waals surface area contributed by atoms with E-state index in [4.69, 9.17) is 5.26 Å². The van der Waals surface area contributed by atoms with Gasteiger partial charge in [-0.3, -0.25) is 4.79 Å². The third kappa shape index (κ3) is 5.14. The summed E-state index contributed by atoms with van der Waals surface area (Å²) in [4.78, 5) is 14.5. The van der Waals surface area contributed by atoms with Crippen molar-refractivity contribution in [2.24, 2.45) is 5.92 Å². The molecule has 2 aromatic carbocycles. The van der Waals surface area contributed by atoms with Crippen molar-refractivity contribution in [2.75, 3.05) is 32.5 Å². The minimum atomic E-state index is -0.674. The van der Waals surface area contributed by atoms with E-state index >= 15 is 0 Å². The Balaban J connectivity index is 1.74. The summed E-state index contributed by atoms with van der Waals surface area (Å²) in [5.41, 5.74) is 5.31. The van der Waals surface area contributed by atoms with Gasteiger partial charge in [0.15, 0.2) is 0 Å². The van der Waals surface area contributed by atoms with Crippen molar-refractivity contribution in [2.45, 2.75) is 26.0 Å². The lowest BCUT2D eigenvalue weighted by molar-refractivity contribution is 0.0951. The number of fused-ring (bicyclic) bond motifs is 1. The highest BCUT2D eigenvalue weighted by molar-refractivity contribution is 5.95. The first kappa shape index (κ1) is 20.8. The predicted octanol–water partition coefficient (Wildman–Crippen LogP) is 2.30. The van der Waals surface area contributed by atoms with Crippen LogP contribution in [0.5, 0.6) is 0 Å². The van der Waals surface area contributed by atoms with Crippen LogP contribution in [0.1, 0.15) is 32.6 Å². The summed E-state index contributed by atoms with van der Waals surface area (Å²) in [5.74, 6) is -0.128. The SMILES string of the molecule is Cc1ccc(C#N)cc1C[C@@H]1Cc2cc(C(=O)NCCN(C)C)ccc2N[C@H]1O. The fourth-order valence-corrected chi connectivity index (χ4v) is 3.64. The summed E-state index contributed by atoms with van der Waals surface area (Å²) >= 11 is 0. The van der Waals surface area contributed by atoms with E-state index < -0.39 is 6.23 Å². The maximum atomic E-state index is 12.4. The van der Waals surface area contributed by atoms with Crippen LogP contribution in [0, 0.1) is 24.2 Å². The number of hydrogen-bond donors (Lipinski definition) is 3. The van der Waals surface area contributed by atoms with Gasteiger partial charge in [0, 0.05) is 30.3 Å². The molecule has 6 heteroatoms. The number of nitriles is 1. The number of carbonyl (C=O) groups excluding carboxylic acids is 1. The standard InChI is InChI=1S/C23H28N4O2/c1-15-4-5-16(14-24)10-18(15)12-20-13-19-11-17(6-7-21(19)26-23(20)29)22(28)25-8-9-27(2)3/h4-7,10-11,20,23,26,29H,8-9,12-13H2,1-3H3,(H,25,28)/t20-,23+/m1/s1. The molecule has 0 aliphatic carbocycles. The Morgan fingerprint density at radius 1 is 1.31 bits per heavy atom. The quantitative estimate of drug-likeness (QED) is 0.702. The summed E-state index contributed by atoms with van der Waals surface area (Å²) in [6.45, 7) is 3.40. The topological polar surface area (TPSA) is 88.4 Å².